The van der Waals surface area contributed by atoms with Gasteiger partial charge in [0.15, 0.2) is 0 Å². The molecule has 1 aromatic carbocycles. The number of nitriles is 1. The second-order valence-electron chi connectivity index (χ2n) is 4.01. The van der Waals surface area contributed by atoms with Gasteiger partial charge in [0.05, 0.1) is 24.5 Å². The number of ether oxygens (including phenoxy) is 2. The maximum absolute atomic E-state index is 9.17. The summed E-state index contributed by atoms with van der Waals surface area (Å²) < 4.78 is 10.8. The Morgan fingerprint density at radius 2 is 1.63 bits per heavy atom. The first-order valence-electron chi connectivity index (χ1n) is 6.73. The van der Waals surface area contributed by atoms with Gasteiger partial charge in [-0.05, 0) is 26.0 Å². The van der Waals surface area contributed by atoms with Gasteiger partial charge in [0.25, 0.3) is 0 Å². The molecule has 0 N–H and O–H groups in total. The Balaban J connectivity index is 2.73. The van der Waals surface area contributed by atoms with E-state index in [0.717, 1.165) is 18.8 Å². The molecule has 0 aliphatic carbocycles. The van der Waals surface area contributed by atoms with E-state index in [4.69, 9.17) is 9.47 Å². The van der Waals surface area contributed by atoms with E-state index in [9.17, 15) is 5.26 Å². The molecule has 0 heterocycles. The van der Waals surface area contributed by atoms with Crippen molar-refractivity contribution in [2.75, 3.05) is 44.4 Å². The first-order valence-corrected chi connectivity index (χ1v) is 6.73. The molecular formula is C15H22N2O2. The van der Waals surface area contributed by atoms with E-state index in [-0.39, 0.29) is 0 Å². The van der Waals surface area contributed by atoms with Crippen LogP contribution in [0, 0.1) is 11.3 Å². The van der Waals surface area contributed by atoms with Crippen molar-refractivity contribution in [3.8, 4) is 6.07 Å². The molecule has 0 aliphatic heterocycles. The fraction of sp³-hybridized carbons (Fsp3) is 0.533. The molecule has 1 aromatic rings. The molecule has 104 valence electrons. The van der Waals surface area contributed by atoms with Crippen LogP contribution in [0.25, 0.3) is 0 Å². The fourth-order valence-corrected chi connectivity index (χ4v) is 1.83. The molecule has 0 atom stereocenters. The lowest BCUT2D eigenvalue weighted by atomic mass is 10.1. The summed E-state index contributed by atoms with van der Waals surface area (Å²) in [5.74, 6) is 0. The molecule has 19 heavy (non-hydrogen) atoms. The minimum Gasteiger partial charge on any atom is -0.380 e. The van der Waals surface area contributed by atoms with Crippen LogP contribution in [0.5, 0.6) is 0 Å². The number of nitrogens with zero attached hydrogens (tertiary/aromatic N) is 2. The first-order chi connectivity index (χ1) is 9.33. The zero-order valence-electron chi connectivity index (χ0n) is 11.8. The predicted molar refractivity (Wildman–Crippen MR) is 76.4 cm³/mol. The number of hydrogen-bond donors (Lipinski definition) is 0. The third kappa shape index (κ3) is 5.29. The summed E-state index contributed by atoms with van der Waals surface area (Å²) in [4.78, 5) is 2.14. The molecule has 0 radical (unpaired) electrons. The zero-order chi connectivity index (χ0) is 13.9. The SMILES string of the molecule is CCOCCN(CCOCC)c1ccccc1C#N. The van der Waals surface area contributed by atoms with Gasteiger partial charge in [-0.1, -0.05) is 12.1 Å². The van der Waals surface area contributed by atoms with Gasteiger partial charge in [0, 0.05) is 26.3 Å². The van der Waals surface area contributed by atoms with Crippen LogP contribution in [0.2, 0.25) is 0 Å². The average Bonchev–Trinajstić information content (AvgIpc) is 2.46. The van der Waals surface area contributed by atoms with Crippen LogP contribution in [0.3, 0.4) is 0 Å². The molecule has 0 fully saturated rings. The van der Waals surface area contributed by atoms with Crippen molar-refractivity contribution in [3.63, 3.8) is 0 Å². The lowest BCUT2D eigenvalue weighted by Gasteiger charge is -2.25. The van der Waals surface area contributed by atoms with Crippen molar-refractivity contribution in [1.82, 2.24) is 0 Å². The van der Waals surface area contributed by atoms with Crippen LogP contribution in [0.15, 0.2) is 24.3 Å². The van der Waals surface area contributed by atoms with Crippen LogP contribution in [-0.4, -0.2) is 39.5 Å². The highest BCUT2D eigenvalue weighted by Crippen LogP contribution is 2.19. The van der Waals surface area contributed by atoms with Crippen molar-refractivity contribution < 1.29 is 9.47 Å². The van der Waals surface area contributed by atoms with Gasteiger partial charge in [0.2, 0.25) is 0 Å². The molecule has 0 aliphatic rings. The van der Waals surface area contributed by atoms with Crippen LogP contribution in [-0.2, 0) is 9.47 Å². The molecule has 4 heteroatoms. The van der Waals surface area contributed by atoms with Crippen LogP contribution < -0.4 is 4.90 Å². The van der Waals surface area contributed by atoms with Gasteiger partial charge in [-0.3, -0.25) is 0 Å². The van der Waals surface area contributed by atoms with E-state index < -0.39 is 0 Å². The zero-order valence-corrected chi connectivity index (χ0v) is 11.8. The summed E-state index contributed by atoms with van der Waals surface area (Å²) in [7, 11) is 0. The van der Waals surface area contributed by atoms with Crippen molar-refractivity contribution in [2.24, 2.45) is 0 Å². The van der Waals surface area contributed by atoms with Gasteiger partial charge in [0.1, 0.15) is 6.07 Å². The number of para-hydroxylation sites is 1. The fourth-order valence-electron chi connectivity index (χ4n) is 1.83. The Kier molecular flexibility index (Phi) is 7.64. The Hall–Kier alpha value is -1.57. The second kappa shape index (κ2) is 9.37. The molecule has 0 unspecified atom stereocenters. The average molecular weight is 262 g/mol. The summed E-state index contributed by atoms with van der Waals surface area (Å²) in [5, 5.41) is 9.17. The largest absolute Gasteiger partial charge is 0.380 e. The molecular weight excluding hydrogens is 240 g/mol. The Bertz CT molecular complexity index is 391. The standard InChI is InChI=1S/C15H22N2O2/c1-3-18-11-9-17(10-12-19-4-2)15-8-6-5-7-14(15)13-16/h5-8H,3-4,9-12H2,1-2H3. The molecule has 0 aromatic heterocycles. The molecule has 4 nitrogen and oxygen atoms in total. The molecule has 0 bridgehead atoms. The summed E-state index contributed by atoms with van der Waals surface area (Å²) in [6.45, 7) is 8.21. The summed E-state index contributed by atoms with van der Waals surface area (Å²) in [6, 6.07) is 9.87. The molecule has 1 rings (SSSR count). The minimum absolute atomic E-state index is 0.655. The van der Waals surface area contributed by atoms with Gasteiger partial charge < -0.3 is 14.4 Å². The lowest BCUT2D eigenvalue weighted by Crippen LogP contribution is -2.31. The third-order valence-electron chi connectivity index (χ3n) is 2.78. The Labute approximate surface area is 115 Å². The monoisotopic (exact) mass is 262 g/mol. The number of rotatable bonds is 9. The third-order valence-corrected chi connectivity index (χ3v) is 2.78. The molecule has 0 amide bonds. The molecule has 0 spiro atoms. The quantitative estimate of drug-likeness (QED) is 0.641. The summed E-state index contributed by atoms with van der Waals surface area (Å²) in [6.07, 6.45) is 0. The van der Waals surface area contributed by atoms with E-state index in [1.54, 1.807) is 0 Å². The maximum atomic E-state index is 9.17. The van der Waals surface area contributed by atoms with Crippen LogP contribution in [0.1, 0.15) is 19.4 Å². The molecule has 0 saturated heterocycles. The van der Waals surface area contributed by atoms with E-state index in [1.807, 2.05) is 38.1 Å². The Morgan fingerprint density at radius 3 is 2.16 bits per heavy atom. The summed E-state index contributed by atoms with van der Waals surface area (Å²) in [5.41, 5.74) is 1.64. The second-order valence-corrected chi connectivity index (χ2v) is 4.01. The van der Waals surface area contributed by atoms with E-state index in [1.165, 1.54) is 0 Å². The topological polar surface area (TPSA) is 45.5 Å². The van der Waals surface area contributed by atoms with Crippen molar-refractivity contribution in [3.05, 3.63) is 29.8 Å². The highest BCUT2D eigenvalue weighted by atomic mass is 16.5. The van der Waals surface area contributed by atoms with E-state index >= 15 is 0 Å². The molecule has 0 saturated carbocycles. The van der Waals surface area contributed by atoms with Gasteiger partial charge in [-0.25, -0.2) is 0 Å². The number of hydrogen-bond acceptors (Lipinski definition) is 4. The predicted octanol–water partition coefficient (Wildman–Crippen LogP) is 2.44. The highest BCUT2D eigenvalue weighted by molar-refractivity contribution is 5.59. The van der Waals surface area contributed by atoms with Crippen molar-refractivity contribution in [2.45, 2.75) is 13.8 Å². The van der Waals surface area contributed by atoms with E-state index in [0.29, 0.717) is 32.0 Å². The smallest absolute Gasteiger partial charge is 0.101 e. The maximum Gasteiger partial charge on any atom is 0.101 e. The van der Waals surface area contributed by atoms with Crippen molar-refractivity contribution >= 4 is 5.69 Å². The van der Waals surface area contributed by atoms with E-state index in [2.05, 4.69) is 11.0 Å². The lowest BCUT2D eigenvalue weighted by molar-refractivity contribution is 0.141. The van der Waals surface area contributed by atoms with Gasteiger partial charge in [-0.15, -0.1) is 0 Å². The summed E-state index contributed by atoms with van der Waals surface area (Å²) >= 11 is 0. The van der Waals surface area contributed by atoms with Crippen LogP contribution in [0.4, 0.5) is 5.69 Å². The first kappa shape index (κ1) is 15.5. The number of benzene rings is 1. The number of anilines is 1. The minimum atomic E-state index is 0.655. The Morgan fingerprint density at radius 1 is 1.05 bits per heavy atom. The van der Waals surface area contributed by atoms with Gasteiger partial charge in [-0.2, -0.15) is 5.26 Å². The van der Waals surface area contributed by atoms with Gasteiger partial charge >= 0.3 is 0 Å². The van der Waals surface area contributed by atoms with Crippen molar-refractivity contribution in [1.29, 1.82) is 5.26 Å². The normalized spacial score (nSPS) is 10.2. The highest BCUT2D eigenvalue weighted by Gasteiger charge is 2.10. The van der Waals surface area contributed by atoms with Crippen LogP contribution >= 0.6 is 0 Å².